The third kappa shape index (κ3) is 4.52. The fourth-order valence-corrected chi connectivity index (χ4v) is 8.55. The Labute approximate surface area is 284 Å². The molecule has 4 heterocycles. The number of halogens is 3. The maximum absolute atomic E-state index is 15.0. The molecule has 0 saturated carbocycles. The SMILES string of the molecule is O=C1c2oc3ccc(Cl)cc3c(=O)c2C2(C(=O)N(Cc3ccccc3F)c3ccccc32)N1c1nnc(SCc2ccccc2Cl)s1. The van der Waals surface area contributed by atoms with Crippen LogP contribution in [0.4, 0.5) is 15.2 Å². The number of anilines is 2. The normalized spacial score (nSPS) is 16.8. The first-order chi connectivity index (χ1) is 22.8. The quantitative estimate of drug-likeness (QED) is 0.129. The molecule has 2 aliphatic heterocycles. The number of aromatic nitrogens is 2. The number of para-hydroxylation sites is 1. The van der Waals surface area contributed by atoms with Gasteiger partial charge in [-0.2, -0.15) is 0 Å². The van der Waals surface area contributed by atoms with Gasteiger partial charge in [-0.1, -0.05) is 101 Å². The van der Waals surface area contributed by atoms with Crippen molar-refractivity contribution in [1.29, 1.82) is 0 Å². The number of thioether (sulfide) groups is 1. The van der Waals surface area contributed by atoms with Crippen LogP contribution in [-0.4, -0.2) is 22.0 Å². The molecule has 2 aliphatic rings. The Kier molecular flexibility index (Phi) is 7.17. The molecule has 1 unspecified atom stereocenters. The van der Waals surface area contributed by atoms with Crippen molar-refractivity contribution < 1.29 is 18.4 Å². The lowest BCUT2D eigenvalue weighted by Gasteiger charge is -2.32. The van der Waals surface area contributed by atoms with Crippen molar-refractivity contribution in [2.75, 3.05) is 9.80 Å². The number of amides is 2. The lowest BCUT2D eigenvalue weighted by Crippen LogP contribution is -2.53. The average molecular weight is 702 g/mol. The molecule has 47 heavy (non-hydrogen) atoms. The van der Waals surface area contributed by atoms with Crippen LogP contribution in [0.15, 0.2) is 105 Å². The van der Waals surface area contributed by atoms with Gasteiger partial charge in [0.25, 0.3) is 11.8 Å². The molecule has 13 heteroatoms. The third-order valence-electron chi connectivity index (χ3n) is 8.27. The van der Waals surface area contributed by atoms with Crippen molar-refractivity contribution in [3.8, 4) is 0 Å². The highest BCUT2D eigenvalue weighted by atomic mass is 35.5. The first kappa shape index (κ1) is 29.8. The maximum atomic E-state index is 15.0. The minimum atomic E-state index is -2.02. The molecule has 2 aromatic heterocycles. The molecule has 1 spiro atoms. The second-order valence-corrected chi connectivity index (χ2v) is 13.9. The Balaban J connectivity index is 1.33. The molecular weight excluding hydrogens is 682 g/mol. The van der Waals surface area contributed by atoms with E-state index in [1.54, 1.807) is 54.6 Å². The van der Waals surface area contributed by atoms with E-state index < -0.39 is 28.6 Å². The third-order valence-corrected chi connectivity index (χ3v) is 11.0. The Morgan fingerprint density at radius 3 is 2.45 bits per heavy atom. The first-order valence-corrected chi connectivity index (χ1v) is 16.8. The molecule has 0 bridgehead atoms. The van der Waals surface area contributed by atoms with Crippen molar-refractivity contribution in [3.05, 3.63) is 145 Å². The number of nitrogens with zero attached hydrogens (tertiary/aromatic N) is 4. The van der Waals surface area contributed by atoms with Gasteiger partial charge in [-0.15, -0.1) is 10.2 Å². The Bertz CT molecular complexity index is 2350. The van der Waals surface area contributed by atoms with Crippen LogP contribution in [0.1, 0.15) is 32.8 Å². The summed E-state index contributed by atoms with van der Waals surface area (Å²) in [6.07, 6.45) is 0. The van der Waals surface area contributed by atoms with Crippen LogP contribution in [0.25, 0.3) is 11.0 Å². The summed E-state index contributed by atoms with van der Waals surface area (Å²) in [5.41, 5.74) is -0.720. The van der Waals surface area contributed by atoms with Crippen LogP contribution >= 0.6 is 46.3 Å². The van der Waals surface area contributed by atoms with Crippen molar-refractivity contribution >= 4 is 79.9 Å². The van der Waals surface area contributed by atoms with E-state index in [9.17, 15) is 14.0 Å². The molecule has 0 saturated heterocycles. The van der Waals surface area contributed by atoms with Crippen LogP contribution in [-0.2, 0) is 22.6 Å². The van der Waals surface area contributed by atoms with E-state index in [1.165, 1.54) is 39.8 Å². The van der Waals surface area contributed by atoms with Gasteiger partial charge in [-0.25, -0.2) is 4.39 Å². The second-order valence-electron chi connectivity index (χ2n) is 10.9. The van der Waals surface area contributed by atoms with E-state index in [0.717, 1.165) is 16.9 Å². The van der Waals surface area contributed by atoms with Gasteiger partial charge in [-0.3, -0.25) is 19.3 Å². The molecular formula is C34H19Cl2FN4O4S2. The van der Waals surface area contributed by atoms with Crippen molar-refractivity contribution in [2.24, 2.45) is 0 Å². The van der Waals surface area contributed by atoms with E-state index in [-0.39, 0.29) is 44.6 Å². The van der Waals surface area contributed by atoms with Gasteiger partial charge in [0, 0.05) is 26.9 Å². The van der Waals surface area contributed by atoms with Gasteiger partial charge >= 0.3 is 0 Å². The predicted molar refractivity (Wildman–Crippen MR) is 180 cm³/mol. The van der Waals surface area contributed by atoms with E-state index >= 15 is 4.79 Å². The zero-order valence-electron chi connectivity index (χ0n) is 23.9. The standard InChI is InChI=1S/C34H19Cl2FN4O4S2/c35-20-13-14-26-21(15-20)28(42)27-29(45-26)30(43)41(32-38-39-33(47-32)46-17-19-8-1-4-10-23(19)36)34(27)22-9-3-6-12-25(22)40(31(34)44)16-18-7-2-5-11-24(18)37/h1-15H,16-17H2. The molecule has 1 atom stereocenters. The molecule has 232 valence electrons. The van der Waals surface area contributed by atoms with Crippen LogP contribution in [0.5, 0.6) is 0 Å². The van der Waals surface area contributed by atoms with Gasteiger partial charge < -0.3 is 9.32 Å². The van der Waals surface area contributed by atoms with Gasteiger partial charge in [0.1, 0.15) is 11.4 Å². The van der Waals surface area contributed by atoms with Gasteiger partial charge in [0.05, 0.1) is 23.2 Å². The van der Waals surface area contributed by atoms with Crippen LogP contribution < -0.4 is 15.2 Å². The van der Waals surface area contributed by atoms with Crippen molar-refractivity contribution in [3.63, 3.8) is 0 Å². The van der Waals surface area contributed by atoms with Crippen LogP contribution in [0.2, 0.25) is 10.0 Å². The molecule has 0 radical (unpaired) electrons. The highest BCUT2D eigenvalue weighted by Crippen LogP contribution is 2.55. The molecule has 0 N–H and O–H groups in total. The average Bonchev–Trinajstić information content (AvgIpc) is 3.71. The molecule has 6 aromatic rings. The van der Waals surface area contributed by atoms with E-state index in [1.807, 2.05) is 18.2 Å². The number of fused-ring (bicyclic) bond motifs is 5. The van der Waals surface area contributed by atoms with Gasteiger partial charge in [0.2, 0.25) is 10.9 Å². The van der Waals surface area contributed by atoms with Crippen molar-refractivity contribution in [2.45, 2.75) is 22.2 Å². The Morgan fingerprint density at radius 1 is 0.894 bits per heavy atom. The molecule has 8 rings (SSSR count). The number of carbonyl (C=O) groups excluding carboxylic acids is 2. The molecule has 8 nitrogen and oxygen atoms in total. The minimum Gasteiger partial charge on any atom is -0.450 e. The summed E-state index contributed by atoms with van der Waals surface area (Å²) in [4.78, 5) is 46.6. The van der Waals surface area contributed by atoms with E-state index in [2.05, 4.69) is 10.2 Å². The highest BCUT2D eigenvalue weighted by molar-refractivity contribution is 8.00. The maximum Gasteiger partial charge on any atom is 0.297 e. The predicted octanol–water partition coefficient (Wildman–Crippen LogP) is 7.83. The number of benzene rings is 4. The number of hydrogen-bond donors (Lipinski definition) is 0. The Morgan fingerprint density at radius 2 is 1.64 bits per heavy atom. The zero-order valence-corrected chi connectivity index (χ0v) is 27.1. The largest absolute Gasteiger partial charge is 0.450 e. The molecule has 4 aromatic carbocycles. The Hall–Kier alpha value is -4.55. The lowest BCUT2D eigenvalue weighted by molar-refractivity contribution is -0.121. The monoisotopic (exact) mass is 700 g/mol. The summed E-state index contributed by atoms with van der Waals surface area (Å²) in [7, 11) is 0. The number of rotatable bonds is 6. The summed E-state index contributed by atoms with van der Waals surface area (Å²) in [6, 6.07) is 24.9. The van der Waals surface area contributed by atoms with Crippen molar-refractivity contribution in [1.82, 2.24) is 10.2 Å². The number of carbonyl (C=O) groups is 2. The van der Waals surface area contributed by atoms with Crippen LogP contribution in [0.3, 0.4) is 0 Å². The van der Waals surface area contributed by atoms with Gasteiger partial charge in [-0.05, 0) is 42.0 Å². The zero-order chi connectivity index (χ0) is 32.4. The highest BCUT2D eigenvalue weighted by Gasteiger charge is 2.66. The topological polar surface area (TPSA) is 96.6 Å². The molecule has 0 fully saturated rings. The lowest BCUT2D eigenvalue weighted by atomic mass is 9.84. The van der Waals surface area contributed by atoms with E-state index in [4.69, 9.17) is 27.6 Å². The van der Waals surface area contributed by atoms with Gasteiger partial charge in [0.15, 0.2) is 15.3 Å². The summed E-state index contributed by atoms with van der Waals surface area (Å²) in [5, 5.41) is 9.75. The summed E-state index contributed by atoms with van der Waals surface area (Å²) < 4.78 is 21.6. The minimum absolute atomic E-state index is 0.0837. The second kappa shape index (κ2) is 11.3. The number of hydrogen-bond acceptors (Lipinski definition) is 8. The first-order valence-electron chi connectivity index (χ1n) is 14.2. The molecule has 2 amide bonds. The molecule has 0 aliphatic carbocycles. The van der Waals surface area contributed by atoms with E-state index in [0.29, 0.717) is 26.4 Å². The summed E-state index contributed by atoms with van der Waals surface area (Å²) >= 11 is 15.1. The fraction of sp³-hybridized carbons (Fsp3) is 0.0882. The summed E-state index contributed by atoms with van der Waals surface area (Å²) in [6.45, 7) is -0.151. The van der Waals surface area contributed by atoms with Crippen LogP contribution in [0, 0.1) is 5.82 Å². The smallest absolute Gasteiger partial charge is 0.297 e. The fourth-order valence-electron chi connectivity index (χ4n) is 6.20. The summed E-state index contributed by atoms with van der Waals surface area (Å²) in [5.74, 6) is -1.67.